The predicted molar refractivity (Wildman–Crippen MR) is 65.9 cm³/mol. The molecule has 5 heteroatoms. The summed E-state index contributed by atoms with van der Waals surface area (Å²) in [6.07, 6.45) is 0. The van der Waals surface area contributed by atoms with Crippen LogP contribution in [0.5, 0.6) is 0 Å². The highest BCUT2D eigenvalue weighted by Crippen LogP contribution is 2.15. The van der Waals surface area contributed by atoms with Crippen LogP contribution in [0.3, 0.4) is 0 Å². The fraction of sp³-hybridized carbons (Fsp3) is 0.462. The number of morpholine rings is 1. The number of nitrogens with one attached hydrogen (secondary N) is 1. The number of halogens is 1. The molecule has 0 bridgehead atoms. The average molecular weight is 252 g/mol. The van der Waals surface area contributed by atoms with E-state index in [4.69, 9.17) is 4.74 Å². The number of ether oxygens (including phenoxy) is 1. The number of nitrogens with zero attached hydrogens (tertiary/aromatic N) is 1. The van der Waals surface area contributed by atoms with E-state index < -0.39 is 0 Å². The molecular formula is C13H17FN2O2. The lowest BCUT2D eigenvalue weighted by atomic mass is 10.1. The van der Waals surface area contributed by atoms with Gasteiger partial charge in [0.1, 0.15) is 5.82 Å². The van der Waals surface area contributed by atoms with Crippen LogP contribution in [0.4, 0.5) is 4.39 Å². The monoisotopic (exact) mass is 252 g/mol. The quantitative estimate of drug-likeness (QED) is 0.873. The predicted octanol–water partition coefficient (Wildman–Crippen LogP) is 1.02. The highest BCUT2D eigenvalue weighted by atomic mass is 19.1. The van der Waals surface area contributed by atoms with E-state index >= 15 is 0 Å². The van der Waals surface area contributed by atoms with Crippen molar-refractivity contribution in [1.29, 1.82) is 0 Å². The molecule has 98 valence electrons. The largest absolute Gasteiger partial charge is 0.378 e. The third kappa shape index (κ3) is 2.86. The van der Waals surface area contributed by atoms with E-state index in [1.54, 1.807) is 18.0 Å². The van der Waals surface area contributed by atoms with E-state index in [1.165, 1.54) is 12.1 Å². The van der Waals surface area contributed by atoms with Gasteiger partial charge in [-0.15, -0.1) is 0 Å². The van der Waals surface area contributed by atoms with Crippen molar-refractivity contribution < 1.29 is 13.9 Å². The van der Waals surface area contributed by atoms with E-state index in [1.807, 2.05) is 0 Å². The highest BCUT2D eigenvalue weighted by Gasteiger charge is 2.21. The molecule has 4 nitrogen and oxygen atoms in total. The number of carbonyl (C=O) groups is 1. The fourth-order valence-corrected chi connectivity index (χ4v) is 2.03. The second-order valence-corrected chi connectivity index (χ2v) is 4.24. The molecule has 0 aromatic heterocycles. The van der Waals surface area contributed by atoms with Gasteiger partial charge in [-0.1, -0.05) is 6.07 Å². The van der Waals surface area contributed by atoms with Crippen LogP contribution >= 0.6 is 0 Å². The lowest BCUT2D eigenvalue weighted by Gasteiger charge is -2.27. The van der Waals surface area contributed by atoms with Crippen LogP contribution in [0.25, 0.3) is 0 Å². The average Bonchev–Trinajstić information content (AvgIpc) is 2.41. The van der Waals surface area contributed by atoms with Gasteiger partial charge in [-0.3, -0.25) is 4.79 Å². The maximum Gasteiger partial charge on any atom is 0.254 e. The lowest BCUT2D eigenvalue weighted by Crippen LogP contribution is -2.41. The maximum atomic E-state index is 13.3. The van der Waals surface area contributed by atoms with Gasteiger partial charge in [-0.05, 0) is 24.7 Å². The Labute approximate surface area is 106 Å². The van der Waals surface area contributed by atoms with Crippen molar-refractivity contribution in [3.05, 3.63) is 35.1 Å². The minimum atomic E-state index is -0.383. The van der Waals surface area contributed by atoms with Crippen molar-refractivity contribution >= 4 is 5.91 Å². The first-order valence-electron chi connectivity index (χ1n) is 6.02. The zero-order chi connectivity index (χ0) is 13.0. The molecule has 18 heavy (non-hydrogen) atoms. The number of hydrogen-bond donors (Lipinski definition) is 1. The normalized spacial score (nSPS) is 15.8. The topological polar surface area (TPSA) is 41.6 Å². The van der Waals surface area contributed by atoms with Gasteiger partial charge in [0.25, 0.3) is 5.91 Å². The molecule has 1 saturated heterocycles. The number of rotatable bonds is 3. The summed E-state index contributed by atoms with van der Waals surface area (Å²) < 4.78 is 18.5. The molecule has 0 spiro atoms. The number of benzene rings is 1. The SMILES string of the molecule is CNCc1ccc(F)cc1C(=O)N1CCOCC1. The number of carbonyl (C=O) groups excluding carboxylic acids is 1. The zero-order valence-corrected chi connectivity index (χ0v) is 10.4. The van der Waals surface area contributed by atoms with Gasteiger partial charge in [-0.25, -0.2) is 4.39 Å². The molecule has 0 saturated carbocycles. The van der Waals surface area contributed by atoms with E-state index in [0.29, 0.717) is 38.4 Å². The molecule has 1 aromatic rings. The lowest BCUT2D eigenvalue weighted by molar-refractivity contribution is 0.0302. The van der Waals surface area contributed by atoms with Crippen molar-refractivity contribution in [3.8, 4) is 0 Å². The Morgan fingerprint density at radius 3 is 2.83 bits per heavy atom. The second-order valence-electron chi connectivity index (χ2n) is 4.24. The van der Waals surface area contributed by atoms with E-state index in [0.717, 1.165) is 5.56 Å². The molecule has 1 N–H and O–H groups in total. The Morgan fingerprint density at radius 2 is 2.17 bits per heavy atom. The molecule has 0 atom stereocenters. The van der Waals surface area contributed by atoms with Crippen molar-refractivity contribution in [2.45, 2.75) is 6.54 Å². The molecule has 1 fully saturated rings. The number of hydrogen-bond acceptors (Lipinski definition) is 3. The molecule has 1 aromatic carbocycles. The van der Waals surface area contributed by atoms with Gasteiger partial charge in [0, 0.05) is 25.2 Å². The molecule has 0 unspecified atom stereocenters. The van der Waals surface area contributed by atoms with Crippen molar-refractivity contribution in [1.82, 2.24) is 10.2 Å². The Balaban J connectivity index is 2.24. The van der Waals surface area contributed by atoms with Crippen molar-refractivity contribution in [2.75, 3.05) is 33.4 Å². The molecule has 2 rings (SSSR count). The summed E-state index contributed by atoms with van der Waals surface area (Å²) in [6.45, 7) is 2.76. The fourth-order valence-electron chi connectivity index (χ4n) is 2.03. The van der Waals surface area contributed by atoms with Crippen LogP contribution in [-0.2, 0) is 11.3 Å². The Morgan fingerprint density at radius 1 is 1.44 bits per heavy atom. The van der Waals surface area contributed by atoms with E-state index in [9.17, 15) is 9.18 Å². The Bertz CT molecular complexity index is 431. The van der Waals surface area contributed by atoms with Gasteiger partial charge in [-0.2, -0.15) is 0 Å². The zero-order valence-electron chi connectivity index (χ0n) is 10.4. The summed E-state index contributed by atoms with van der Waals surface area (Å²) in [7, 11) is 1.80. The molecule has 0 aliphatic carbocycles. The number of amides is 1. The molecule has 0 radical (unpaired) electrons. The summed E-state index contributed by atoms with van der Waals surface area (Å²) in [5, 5.41) is 2.98. The minimum absolute atomic E-state index is 0.122. The van der Waals surface area contributed by atoms with Crippen LogP contribution in [0.2, 0.25) is 0 Å². The van der Waals surface area contributed by atoms with Gasteiger partial charge < -0.3 is 15.0 Å². The second kappa shape index (κ2) is 5.93. The summed E-state index contributed by atoms with van der Waals surface area (Å²) in [5.74, 6) is -0.505. The summed E-state index contributed by atoms with van der Waals surface area (Å²) in [5.41, 5.74) is 1.25. The highest BCUT2D eigenvalue weighted by molar-refractivity contribution is 5.95. The van der Waals surface area contributed by atoms with Crippen LogP contribution in [0.1, 0.15) is 15.9 Å². The first-order chi connectivity index (χ1) is 8.72. The standard InChI is InChI=1S/C13H17FN2O2/c1-15-9-10-2-3-11(14)8-12(10)13(17)16-4-6-18-7-5-16/h2-3,8,15H,4-7,9H2,1H3. The maximum absolute atomic E-state index is 13.3. The molecule has 1 aliphatic heterocycles. The van der Waals surface area contributed by atoms with Crippen LogP contribution in [-0.4, -0.2) is 44.2 Å². The molecule has 1 aliphatic rings. The third-order valence-corrected chi connectivity index (χ3v) is 2.97. The third-order valence-electron chi connectivity index (χ3n) is 2.97. The van der Waals surface area contributed by atoms with Gasteiger partial charge in [0.05, 0.1) is 13.2 Å². The Kier molecular flexibility index (Phi) is 4.28. The first-order valence-corrected chi connectivity index (χ1v) is 6.02. The van der Waals surface area contributed by atoms with E-state index in [-0.39, 0.29) is 11.7 Å². The smallest absolute Gasteiger partial charge is 0.254 e. The molecular weight excluding hydrogens is 235 g/mol. The Hall–Kier alpha value is -1.46. The first kappa shape index (κ1) is 13.0. The van der Waals surface area contributed by atoms with Crippen molar-refractivity contribution in [2.24, 2.45) is 0 Å². The minimum Gasteiger partial charge on any atom is -0.378 e. The van der Waals surface area contributed by atoms with Crippen molar-refractivity contribution in [3.63, 3.8) is 0 Å². The van der Waals surface area contributed by atoms with Crippen LogP contribution < -0.4 is 5.32 Å². The van der Waals surface area contributed by atoms with Gasteiger partial charge in [0.2, 0.25) is 0 Å². The molecule has 1 amide bonds. The van der Waals surface area contributed by atoms with Gasteiger partial charge in [0.15, 0.2) is 0 Å². The summed E-state index contributed by atoms with van der Waals surface area (Å²) in [6, 6.07) is 4.34. The summed E-state index contributed by atoms with van der Waals surface area (Å²) >= 11 is 0. The van der Waals surface area contributed by atoms with Gasteiger partial charge >= 0.3 is 0 Å². The summed E-state index contributed by atoms with van der Waals surface area (Å²) in [4.78, 5) is 14.0. The molecule has 1 heterocycles. The van der Waals surface area contributed by atoms with Crippen LogP contribution in [0.15, 0.2) is 18.2 Å². The van der Waals surface area contributed by atoms with E-state index in [2.05, 4.69) is 5.32 Å². The van der Waals surface area contributed by atoms with Crippen LogP contribution in [0, 0.1) is 5.82 Å².